The smallest absolute Gasteiger partial charge is 0.295 e. The van der Waals surface area contributed by atoms with Crippen LogP contribution in [-0.4, -0.2) is 29.2 Å². The SMILES string of the molecule is Cc1ccc(C(=O)C(=O)N2CCC(C)C3CCCCC32)cc1. The first kappa shape index (κ1) is 15.3. The largest absolute Gasteiger partial charge is 0.333 e. The molecule has 118 valence electrons. The van der Waals surface area contributed by atoms with Crippen molar-refractivity contribution in [2.24, 2.45) is 11.8 Å². The van der Waals surface area contributed by atoms with Crippen molar-refractivity contribution in [2.75, 3.05) is 6.54 Å². The van der Waals surface area contributed by atoms with Crippen molar-refractivity contribution in [3.63, 3.8) is 0 Å². The van der Waals surface area contributed by atoms with Crippen molar-refractivity contribution in [3.05, 3.63) is 35.4 Å². The number of hydrogen-bond acceptors (Lipinski definition) is 2. The number of ketones is 1. The van der Waals surface area contributed by atoms with E-state index in [-0.39, 0.29) is 17.7 Å². The molecule has 3 nitrogen and oxygen atoms in total. The van der Waals surface area contributed by atoms with E-state index in [1.807, 2.05) is 24.0 Å². The highest BCUT2D eigenvalue weighted by Crippen LogP contribution is 2.38. The van der Waals surface area contributed by atoms with Gasteiger partial charge in [0.15, 0.2) is 0 Å². The molecule has 3 atom stereocenters. The maximum Gasteiger partial charge on any atom is 0.295 e. The number of carbonyl (C=O) groups is 2. The predicted molar refractivity (Wildman–Crippen MR) is 86.7 cm³/mol. The average molecular weight is 299 g/mol. The summed E-state index contributed by atoms with van der Waals surface area (Å²) in [6.07, 6.45) is 5.72. The van der Waals surface area contributed by atoms with Gasteiger partial charge in [0.05, 0.1) is 0 Å². The van der Waals surface area contributed by atoms with Gasteiger partial charge in [-0.15, -0.1) is 0 Å². The molecule has 0 radical (unpaired) electrons. The minimum atomic E-state index is -0.348. The zero-order chi connectivity index (χ0) is 15.7. The second-order valence-electron chi connectivity index (χ2n) is 6.98. The van der Waals surface area contributed by atoms with Crippen LogP contribution < -0.4 is 0 Å². The summed E-state index contributed by atoms with van der Waals surface area (Å²) in [6, 6.07) is 7.59. The molecule has 2 aliphatic rings. The highest BCUT2D eigenvalue weighted by Gasteiger charge is 2.40. The van der Waals surface area contributed by atoms with E-state index in [1.54, 1.807) is 12.1 Å². The number of benzene rings is 1. The summed E-state index contributed by atoms with van der Waals surface area (Å²) < 4.78 is 0. The molecular weight excluding hydrogens is 274 g/mol. The van der Waals surface area contributed by atoms with Crippen molar-refractivity contribution >= 4 is 11.7 Å². The summed E-state index contributed by atoms with van der Waals surface area (Å²) in [5, 5.41) is 0. The molecule has 3 rings (SSSR count). The van der Waals surface area contributed by atoms with Gasteiger partial charge in [-0.3, -0.25) is 9.59 Å². The fourth-order valence-corrected chi connectivity index (χ4v) is 4.12. The number of likely N-dealkylation sites (tertiary alicyclic amines) is 1. The third-order valence-corrected chi connectivity index (χ3v) is 5.51. The van der Waals surface area contributed by atoms with Gasteiger partial charge in [-0.1, -0.05) is 49.6 Å². The monoisotopic (exact) mass is 299 g/mol. The molecule has 1 aromatic carbocycles. The first-order chi connectivity index (χ1) is 10.6. The molecule has 0 aromatic heterocycles. The molecule has 1 aliphatic carbocycles. The van der Waals surface area contributed by atoms with Crippen LogP contribution in [0.25, 0.3) is 0 Å². The molecule has 1 aliphatic heterocycles. The highest BCUT2D eigenvalue weighted by atomic mass is 16.2. The van der Waals surface area contributed by atoms with Crippen LogP contribution >= 0.6 is 0 Å². The van der Waals surface area contributed by atoms with E-state index < -0.39 is 0 Å². The van der Waals surface area contributed by atoms with E-state index in [0.29, 0.717) is 17.4 Å². The summed E-state index contributed by atoms with van der Waals surface area (Å²) >= 11 is 0. The van der Waals surface area contributed by atoms with Crippen molar-refractivity contribution < 1.29 is 9.59 Å². The molecule has 1 heterocycles. The van der Waals surface area contributed by atoms with Crippen molar-refractivity contribution in [1.29, 1.82) is 0 Å². The minimum absolute atomic E-state index is 0.277. The normalized spacial score (nSPS) is 28.1. The first-order valence-corrected chi connectivity index (χ1v) is 8.50. The van der Waals surface area contributed by atoms with E-state index in [2.05, 4.69) is 6.92 Å². The number of carbonyl (C=O) groups excluding carboxylic acids is 2. The summed E-state index contributed by atoms with van der Waals surface area (Å²) in [4.78, 5) is 27.1. The Hall–Kier alpha value is -1.64. The Bertz CT molecular complexity index is 563. The number of piperidine rings is 1. The standard InChI is InChI=1S/C19H25NO2/c1-13-7-9-15(10-8-13)18(21)19(22)20-12-11-14(2)16-5-3-4-6-17(16)20/h7-10,14,16-17H,3-6,11-12H2,1-2H3. The lowest BCUT2D eigenvalue weighted by atomic mass is 9.72. The van der Waals surface area contributed by atoms with Crippen molar-refractivity contribution in [1.82, 2.24) is 4.90 Å². The molecule has 0 spiro atoms. The van der Waals surface area contributed by atoms with Crippen LogP contribution in [-0.2, 0) is 4.79 Å². The maximum absolute atomic E-state index is 12.7. The summed E-state index contributed by atoms with van der Waals surface area (Å²) in [5.41, 5.74) is 1.62. The summed E-state index contributed by atoms with van der Waals surface area (Å²) in [7, 11) is 0. The number of rotatable bonds is 2. The topological polar surface area (TPSA) is 37.4 Å². The molecule has 1 aromatic rings. The number of Topliss-reactive ketones (excluding diaryl/α,β-unsaturated/α-hetero) is 1. The Balaban J connectivity index is 1.78. The molecule has 22 heavy (non-hydrogen) atoms. The van der Waals surface area contributed by atoms with Gasteiger partial charge >= 0.3 is 0 Å². The zero-order valence-electron chi connectivity index (χ0n) is 13.5. The molecule has 3 heteroatoms. The highest BCUT2D eigenvalue weighted by molar-refractivity contribution is 6.42. The second-order valence-corrected chi connectivity index (χ2v) is 6.98. The third kappa shape index (κ3) is 2.81. The van der Waals surface area contributed by atoms with Gasteiger partial charge in [-0.2, -0.15) is 0 Å². The zero-order valence-corrected chi connectivity index (χ0v) is 13.5. The van der Waals surface area contributed by atoms with Crippen LogP contribution in [0.1, 0.15) is 54.9 Å². The number of fused-ring (bicyclic) bond motifs is 1. The lowest BCUT2D eigenvalue weighted by Crippen LogP contribution is -2.54. The van der Waals surface area contributed by atoms with Gasteiger partial charge in [0, 0.05) is 18.2 Å². The molecule has 0 bridgehead atoms. The van der Waals surface area contributed by atoms with Crippen LogP contribution in [0.2, 0.25) is 0 Å². The quantitative estimate of drug-likeness (QED) is 0.618. The fourth-order valence-electron chi connectivity index (χ4n) is 4.12. The second kappa shape index (κ2) is 6.23. The van der Waals surface area contributed by atoms with Gasteiger partial charge in [-0.05, 0) is 38.0 Å². The summed E-state index contributed by atoms with van der Waals surface area (Å²) in [6.45, 7) is 5.01. The first-order valence-electron chi connectivity index (χ1n) is 8.50. The van der Waals surface area contributed by atoms with Crippen molar-refractivity contribution in [2.45, 2.75) is 52.0 Å². The van der Waals surface area contributed by atoms with E-state index in [1.165, 1.54) is 19.3 Å². The molecule has 1 saturated heterocycles. The molecular formula is C19H25NO2. The number of nitrogens with zero attached hydrogens (tertiary/aromatic N) is 1. The van der Waals surface area contributed by atoms with Gasteiger partial charge in [0.25, 0.3) is 5.91 Å². The molecule has 3 unspecified atom stereocenters. The van der Waals surface area contributed by atoms with Crippen LogP contribution in [0.15, 0.2) is 24.3 Å². The van der Waals surface area contributed by atoms with Gasteiger partial charge in [0.1, 0.15) is 0 Å². The fraction of sp³-hybridized carbons (Fsp3) is 0.579. The Labute approximate surface area is 132 Å². The number of aryl methyl sites for hydroxylation is 1. The van der Waals surface area contributed by atoms with Crippen LogP contribution in [0, 0.1) is 18.8 Å². The van der Waals surface area contributed by atoms with E-state index >= 15 is 0 Å². The van der Waals surface area contributed by atoms with E-state index in [9.17, 15) is 9.59 Å². The van der Waals surface area contributed by atoms with Crippen molar-refractivity contribution in [3.8, 4) is 0 Å². The van der Waals surface area contributed by atoms with Gasteiger partial charge < -0.3 is 4.90 Å². The molecule has 1 saturated carbocycles. The minimum Gasteiger partial charge on any atom is -0.333 e. The molecule has 1 amide bonds. The molecule has 2 fully saturated rings. The number of hydrogen-bond donors (Lipinski definition) is 0. The van der Waals surface area contributed by atoms with Gasteiger partial charge in [0.2, 0.25) is 5.78 Å². The Morgan fingerprint density at radius 1 is 1.05 bits per heavy atom. The van der Waals surface area contributed by atoms with Gasteiger partial charge in [-0.25, -0.2) is 0 Å². The van der Waals surface area contributed by atoms with E-state index in [4.69, 9.17) is 0 Å². The summed E-state index contributed by atoms with van der Waals surface area (Å²) in [5.74, 6) is 0.604. The number of amides is 1. The third-order valence-electron chi connectivity index (χ3n) is 5.51. The Morgan fingerprint density at radius 2 is 1.73 bits per heavy atom. The van der Waals surface area contributed by atoms with E-state index in [0.717, 1.165) is 24.9 Å². The maximum atomic E-state index is 12.7. The Kier molecular flexibility index (Phi) is 4.32. The molecule has 0 N–H and O–H groups in total. The Morgan fingerprint density at radius 3 is 2.45 bits per heavy atom. The van der Waals surface area contributed by atoms with Crippen LogP contribution in [0.3, 0.4) is 0 Å². The van der Waals surface area contributed by atoms with Crippen LogP contribution in [0.4, 0.5) is 0 Å². The van der Waals surface area contributed by atoms with Crippen LogP contribution in [0.5, 0.6) is 0 Å². The lowest BCUT2D eigenvalue weighted by molar-refractivity contribution is -0.134. The predicted octanol–water partition coefficient (Wildman–Crippen LogP) is 3.60. The lowest BCUT2D eigenvalue weighted by Gasteiger charge is -2.47. The average Bonchev–Trinajstić information content (AvgIpc) is 2.55.